The maximum Gasteiger partial charge on any atom is 0.194 e. The van der Waals surface area contributed by atoms with Gasteiger partial charge < -0.3 is 5.11 Å². The third kappa shape index (κ3) is 2.39. The van der Waals surface area contributed by atoms with Gasteiger partial charge in [-0.05, 0) is 30.2 Å². The zero-order chi connectivity index (χ0) is 13.4. The highest BCUT2D eigenvalue weighted by Crippen LogP contribution is 2.24. The predicted molar refractivity (Wildman–Crippen MR) is 78.0 cm³/mol. The molecule has 98 valence electrons. The van der Waals surface area contributed by atoms with Crippen LogP contribution >= 0.6 is 22.9 Å². The molecule has 5 heteroatoms. The summed E-state index contributed by atoms with van der Waals surface area (Å²) in [6.45, 7) is 2.08. The highest BCUT2D eigenvalue weighted by molar-refractivity contribution is 7.17. The number of hydrogen-bond donors (Lipinski definition) is 1. The number of nitrogens with zero attached hydrogens (tertiary/aromatic N) is 2. The molecule has 0 aliphatic heterocycles. The summed E-state index contributed by atoms with van der Waals surface area (Å²) < 4.78 is 1.95. The summed E-state index contributed by atoms with van der Waals surface area (Å²) in [6, 6.07) is 5.96. The Balaban J connectivity index is 1.94. The quantitative estimate of drug-likeness (QED) is 0.803. The molecular weight excluding hydrogens is 280 g/mol. The van der Waals surface area contributed by atoms with Crippen LogP contribution in [0, 0.1) is 6.92 Å². The number of aliphatic hydroxyl groups is 1. The average Bonchev–Trinajstić information content (AvgIpc) is 2.92. The Bertz CT molecular complexity index is 732. The summed E-state index contributed by atoms with van der Waals surface area (Å²) >= 11 is 7.62. The first kappa shape index (κ1) is 12.7. The van der Waals surface area contributed by atoms with Crippen LogP contribution in [0.5, 0.6) is 0 Å². The van der Waals surface area contributed by atoms with E-state index in [2.05, 4.69) is 18.0 Å². The molecule has 3 rings (SSSR count). The molecule has 0 radical (unpaired) electrons. The van der Waals surface area contributed by atoms with Gasteiger partial charge in [0.05, 0.1) is 18.5 Å². The minimum Gasteiger partial charge on any atom is -0.390 e. The van der Waals surface area contributed by atoms with E-state index in [1.165, 1.54) is 16.0 Å². The fourth-order valence-corrected chi connectivity index (χ4v) is 3.34. The van der Waals surface area contributed by atoms with Crippen molar-refractivity contribution in [2.24, 2.45) is 0 Å². The number of benzene rings is 1. The molecule has 0 saturated heterocycles. The average molecular weight is 293 g/mol. The van der Waals surface area contributed by atoms with Crippen molar-refractivity contribution in [3.8, 4) is 0 Å². The van der Waals surface area contributed by atoms with E-state index in [1.807, 2.05) is 22.7 Å². The molecule has 2 aromatic heterocycles. The van der Waals surface area contributed by atoms with E-state index in [9.17, 15) is 5.11 Å². The number of aryl methyl sites for hydroxylation is 1. The Kier molecular flexibility index (Phi) is 3.31. The number of fused-ring (bicyclic) bond motifs is 1. The Hall–Kier alpha value is -1.36. The summed E-state index contributed by atoms with van der Waals surface area (Å²) in [5.41, 5.74) is 3.28. The molecule has 0 fully saturated rings. The van der Waals surface area contributed by atoms with E-state index in [4.69, 9.17) is 11.6 Å². The number of halogens is 1. The van der Waals surface area contributed by atoms with Crippen LogP contribution in [0.4, 0.5) is 0 Å². The van der Waals surface area contributed by atoms with Crippen molar-refractivity contribution >= 4 is 27.9 Å². The maximum atomic E-state index is 9.23. The first-order valence-electron chi connectivity index (χ1n) is 5.98. The monoisotopic (exact) mass is 292 g/mol. The third-order valence-corrected chi connectivity index (χ3v) is 4.40. The summed E-state index contributed by atoms with van der Waals surface area (Å²) in [5.74, 6) is 0. The van der Waals surface area contributed by atoms with Gasteiger partial charge >= 0.3 is 0 Å². The first-order chi connectivity index (χ1) is 9.17. The van der Waals surface area contributed by atoms with Gasteiger partial charge in [-0.2, -0.15) is 0 Å². The van der Waals surface area contributed by atoms with Crippen molar-refractivity contribution in [2.45, 2.75) is 20.0 Å². The van der Waals surface area contributed by atoms with Crippen molar-refractivity contribution in [1.82, 2.24) is 9.38 Å². The zero-order valence-electron chi connectivity index (χ0n) is 10.4. The number of hydrogen-bond acceptors (Lipinski definition) is 3. The van der Waals surface area contributed by atoms with Gasteiger partial charge in [-0.15, -0.1) is 11.3 Å². The van der Waals surface area contributed by atoms with E-state index >= 15 is 0 Å². The van der Waals surface area contributed by atoms with Crippen LogP contribution in [0.25, 0.3) is 4.96 Å². The predicted octanol–water partition coefficient (Wildman–Crippen LogP) is 3.44. The van der Waals surface area contributed by atoms with Crippen LogP contribution in [-0.4, -0.2) is 14.5 Å². The third-order valence-electron chi connectivity index (χ3n) is 3.17. The number of rotatable bonds is 3. The highest BCUT2D eigenvalue weighted by Gasteiger charge is 2.09. The molecular formula is C14H13ClN2OS. The Labute approximate surface area is 120 Å². The van der Waals surface area contributed by atoms with Crippen LogP contribution < -0.4 is 0 Å². The second kappa shape index (κ2) is 4.96. The summed E-state index contributed by atoms with van der Waals surface area (Å²) in [5, 5.41) is 10.00. The van der Waals surface area contributed by atoms with Crippen molar-refractivity contribution in [1.29, 1.82) is 0 Å². The lowest BCUT2D eigenvalue weighted by Crippen LogP contribution is -1.91. The maximum absolute atomic E-state index is 9.23. The second-order valence-corrected chi connectivity index (χ2v) is 6.04. The normalized spacial score (nSPS) is 11.3. The molecule has 0 atom stereocenters. The second-order valence-electron chi connectivity index (χ2n) is 4.51. The van der Waals surface area contributed by atoms with Gasteiger partial charge in [0.25, 0.3) is 0 Å². The van der Waals surface area contributed by atoms with Crippen LogP contribution in [0.1, 0.15) is 21.7 Å². The fraction of sp³-hybridized carbons (Fsp3) is 0.214. The van der Waals surface area contributed by atoms with Gasteiger partial charge in [0.15, 0.2) is 4.96 Å². The lowest BCUT2D eigenvalue weighted by atomic mass is 10.1. The molecule has 1 N–H and O–H groups in total. The van der Waals surface area contributed by atoms with Crippen LogP contribution in [0.3, 0.4) is 0 Å². The molecule has 1 aromatic carbocycles. The fourth-order valence-electron chi connectivity index (χ4n) is 2.12. The minimum absolute atomic E-state index is 0.0112. The molecule has 0 spiro atoms. The van der Waals surface area contributed by atoms with E-state index < -0.39 is 0 Å². The van der Waals surface area contributed by atoms with Crippen LogP contribution in [-0.2, 0) is 13.0 Å². The number of imidazole rings is 1. The van der Waals surface area contributed by atoms with E-state index in [1.54, 1.807) is 17.5 Å². The van der Waals surface area contributed by atoms with Crippen molar-refractivity contribution in [3.05, 3.63) is 57.3 Å². The largest absolute Gasteiger partial charge is 0.390 e. The van der Waals surface area contributed by atoms with Gasteiger partial charge in [-0.1, -0.05) is 17.7 Å². The summed E-state index contributed by atoms with van der Waals surface area (Å²) in [7, 11) is 0. The van der Waals surface area contributed by atoms with Crippen molar-refractivity contribution in [2.75, 3.05) is 0 Å². The lowest BCUT2D eigenvalue weighted by molar-refractivity contribution is 0.276. The minimum atomic E-state index is 0.0112. The Morgan fingerprint density at radius 3 is 3.00 bits per heavy atom. The van der Waals surface area contributed by atoms with E-state index in [0.29, 0.717) is 0 Å². The Morgan fingerprint density at radius 2 is 2.26 bits per heavy atom. The smallest absolute Gasteiger partial charge is 0.194 e. The number of aliphatic hydroxyl groups excluding tert-OH is 1. The SMILES string of the molecule is Cc1cc(Cl)ccc1Cc1cn2c(CO)cnc2s1. The molecule has 0 aliphatic rings. The molecule has 0 saturated carbocycles. The molecule has 0 aliphatic carbocycles. The molecule has 19 heavy (non-hydrogen) atoms. The molecule has 0 amide bonds. The van der Waals surface area contributed by atoms with E-state index in [0.717, 1.165) is 22.1 Å². The molecule has 3 aromatic rings. The topological polar surface area (TPSA) is 37.5 Å². The van der Waals surface area contributed by atoms with Crippen molar-refractivity contribution < 1.29 is 5.11 Å². The van der Waals surface area contributed by atoms with Gasteiger partial charge in [-0.3, -0.25) is 4.40 Å². The Morgan fingerprint density at radius 1 is 1.42 bits per heavy atom. The first-order valence-corrected chi connectivity index (χ1v) is 7.17. The van der Waals surface area contributed by atoms with Gasteiger partial charge in [-0.25, -0.2) is 4.98 Å². The molecule has 0 bridgehead atoms. The van der Waals surface area contributed by atoms with Gasteiger partial charge in [0, 0.05) is 22.5 Å². The van der Waals surface area contributed by atoms with Crippen LogP contribution in [0.15, 0.2) is 30.6 Å². The summed E-state index contributed by atoms with van der Waals surface area (Å²) in [4.78, 5) is 6.44. The molecule has 3 nitrogen and oxygen atoms in total. The van der Waals surface area contributed by atoms with Gasteiger partial charge in [0.2, 0.25) is 0 Å². The molecule has 2 heterocycles. The number of thiazole rings is 1. The van der Waals surface area contributed by atoms with Crippen molar-refractivity contribution in [3.63, 3.8) is 0 Å². The van der Waals surface area contributed by atoms with E-state index in [-0.39, 0.29) is 6.61 Å². The zero-order valence-corrected chi connectivity index (χ0v) is 12.0. The van der Waals surface area contributed by atoms with Crippen LogP contribution in [0.2, 0.25) is 5.02 Å². The lowest BCUT2D eigenvalue weighted by Gasteiger charge is -2.04. The summed E-state index contributed by atoms with van der Waals surface area (Å²) in [6.07, 6.45) is 4.62. The highest BCUT2D eigenvalue weighted by atomic mass is 35.5. The number of aromatic nitrogens is 2. The standard InChI is InChI=1S/C14H13ClN2OS/c1-9-4-11(15)3-2-10(9)5-13-7-17-12(8-18)6-16-14(17)19-13/h2-4,6-7,18H,5,8H2,1H3. The van der Waals surface area contributed by atoms with Gasteiger partial charge in [0.1, 0.15) is 0 Å². The molecule has 0 unspecified atom stereocenters.